The molecule has 0 bridgehead atoms. The lowest BCUT2D eigenvalue weighted by atomic mass is 10.0. The Morgan fingerprint density at radius 3 is 2.33 bits per heavy atom. The number of nitrogens with one attached hydrogen (secondary N) is 1. The average Bonchev–Trinajstić information content (AvgIpc) is 2.21. The van der Waals surface area contributed by atoms with Crippen LogP contribution >= 0.6 is 43.5 Å². The predicted molar refractivity (Wildman–Crippen MR) is 82.9 cm³/mol. The first-order chi connectivity index (χ1) is 8.31. The number of carbonyl (C=O) groups is 1. The molecule has 18 heavy (non-hydrogen) atoms. The molecule has 1 amide bonds. The van der Waals surface area contributed by atoms with Crippen LogP contribution in [0.15, 0.2) is 21.1 Å². The maximum Gasteiger partial charge on any atom is 0.241 e. The average molecular weight is 399 g/mol. The fourth-order valence-electron chi connectivity index (χ4n) is 1.49. The molecule has 0 aromatic heterocycles. The first-order valence-electron chi connectivity index (χ1n) is 5.52. The maximum absolute atomic E-state index is 11.9. The van der Waals surface area contributed by atoms with Gasteiger partial charge >= 0.3 is 0 Å². The molecule has 0 fully saturated rings. The number of anilines is 1. The van der Waals surface area contributed by atoms with Crippen molar-refractivity contribution >= 4 is 55.1 Å². The second-order valence-corrected chi connectivity index (χ2v) is 6.61. The SMILES string of the molecule is CC(C)C[C@H](N)C(=O)Nc1c(Br)cc(Cl)cc1Br. The molecule has 0 saturated carbocycles. The van der Waals surface area contributed by atoms with Crippen LogP contribution in [0.1, 0.15) is 20.3 Å². The molecule has 1 rings (SSSR count). The van der Waals surface area contributed by atoms with E-state index in [-0.39, 0.29) is 5.91 Å². The van der Waals surface area contributed by atoms with Gasteiger partial charge in [0.15, 0.2) is 0 Å². The largest absolute Gasteiger partial charge is 0.323 e. The minimum Gasteiger partial charge on any atom is -0.323 e. The molecular formula is C12H15Br2ClN2O. The molecule has 0 aliphatic heterocycles. The van der Waals surface area contributed by atoms with Gasteiger partial charge in [0.05, 0.1) is 11.7 Å². The number of rotatable bonds is 4. The lowest BCUT2D eigenvalue weighted by molar-refractivity contribution is -0.117. The second kappa shape index (κ2) is 6.89. The van der Waals surface area contributed by atoms with Crippen LogP contribution in [-0.2, 0) is 4.79 Å². The summed E-state index contributed by atoms with van der Waals surface area (Å²) < 4.78 is 1.43. The molecule has 0 aliphatic rings. The number of nitrogens with two attached hydrogens (primary N) is 1. The Hall–Kier alpha value is -0.100. The van der Waals surface area contributed by atoms with E-state index in [2.05, 4.69) is 37.2 Å². The van der Waals surface area contributed by atoms with Crippen LogP contribution in [0.25, 0.3) is 0 Å². The highest BCUT2D eigenvalue weighted by Crippen LogP contribution is 2.34. The summed E-state index contributed by atoms with van der Waals surface area (Å²) in [6, 6.07) is 2.92. The zero-order valence-corrected chi connectivity index (χ0v) is 14.1. The lowest BCUT2D eigenvalue weighted by Gasteiger charge is -2.16. The maximum atomic E-state index is 11.9. The fraction of sp³-hybridized carbons (Fsp3) is 0.417. The van der Waals surface area contributed by atoms with Crippen molar-refractivity contribution in [3.8, 4) is 0 Å². The Bertz CT molecular complexity index is 429. The quantitative estimate of drug-likeness (QED) is 0.800. The van der Waals surface area contributed by atoms with Gasteiger partial charge in [0.2, 0.25) is 5.91 Å². The highest BCUT2D eigenvalue weighted by molar-refractivity contribution is 9.11. The number of halogens is 3. The second-order valence-electron chi connectivity index (χ2n) is 4.47. The van der Waals surface area contributed by atoms with Gasteiger partial charge in [0, 0.05) is 14.0 Å². The minimum atomic E-state index is -0.514. The molecular weight excluding hydrogens is 383 g/mol. The molecule has 1 aromatic carbocycles. The fourth-order valence-corrected chi connectivity index (χ4v) is 3.36. The van der Waals surface area contributed by atoms with Gasteiger partial charge in [-0.1, -0.05) is 25.4 Å². The third-order valence-electron chi connectivity index (χ3n) is 2.32. The summed E-state index contributed by atoms with van der Waals surface area (Å²) in [5, 5.41) is 3.38. The van der Waals surface area contributed by atoms with Crippen molar-refractivity contribution in [3.63, 3.8) is 0 Å². The molecule has 0 aliphatic carbocycles. The van der Waals surface area contributed by atoms with Crippen molar-refractivity contribution in [3.05, 3.63) is 26.1 Å². The summed E-state index contributed by atoms with van der Waals surface area (Å²) in [6.45, 7) is 4.06. The van der Waals surface area contributed by atoms with E-state index in [1.165, 1.54) is 0 Å². The van der Waals surface area contributed by atoms with Gasteiger partial charge in [-0.3, -0.25) is 4.79 Å². The van der Waals surface area contributed by atoms with Gasteiger partial charge in [-0.2, -0.15) is 0 Å². The van der Waals surface area contributed by atoms with Gasteiger partial charge in [0.1, 0.15) is 0 Å². The van der Waals surface area contributed by atoms with Crippen molar-refractivity contribution in [2.24, 2.45) is 11.7 Å². The first kappa shape index (κ1) is 16.0. The summed E-state index contributed by atoms with van der Waals surface area (Å²) in [7, 11) is 0. The zero-order chi connectivity index (χ0) is 13.9. The molecule has 6 heteroatoms. The van der Waals surface area contributed by atoms with E-state index >= 15 is 0 Å². The molecule has 100 valence electrons. The van der Waals surface area contributed by atoms with Crippen molar-refractivity contribution in [2.75, 3.05) is 5.32 Å². The van der Waals surface area contributed by atoms with Gasteiger partial charge < -0.3 is 11.1 Å². The van der Waals surface area contributed by atoms with Crippen LogP contribution < -0.4 is 11.1 Å². The number of hydrogen-bond acceptors (Lipinski definition) is 2. The van der Waals surface area contributed by atoms with Crippen molar-refractivity contribution in [1.29, 1.82) is 0 Å². The van der Waals surface area contributed by atoms with E-state index in [4.69, 9.17) is 17.3 Å². The highest BCUT2D eigenvalue weighted by Gasteiger charge is 2.17. The van der Waals surface area contributed by atoms with Crippen molar-refractivity contribution in [2.45, 2.75) is 26.3 Å². The van der Waals surface area contributed by atoms with E-state index in [9.17, 15) is 4.79 Å². The standard InChI is InChI=1S/C12H15Br2ClN2O/c1-6(2)3-10(16)12(18)17-11-8(13)4-7(15)5-9(11)14/h4-6,10H,3,16H2,1-2H3,(H,17,18)/t10-/m0/s1. The molecule has 1 atom stereocenters. The van der Waals surface area contributed by atoms with E-state index in [1.807, 2.05) is 13.8 Å². The lowest BCUT2D eigenvalue weighted by Crippen LogP contribution is -2.36. The van der Waals surface area contributed by atoms with E-state index in [1.54, 1.807) is 12.1 Å². The van der Waals surface area contributed by atoms with Crippen LogP contribution in [0, 0.1) is 5.92 Å². The molecule has 3 nitrogen and oxygen atoms in total. The Morgan fingerprint density at radius 2 is 1.89 bits per heavy atom. The van der Waals surface area contributed by atoms with Crippen molar-refractivity contribution < 1.29 is 4.79 Å². The topological polar surface area (TPSA) is 55.1 Å². The zero-order valence-electron chi connectivity index (χ0n) is 10.1. The number of benzene rings is 1. The normalized spacial score (nSPS) is 12.6. The van der Waals surface area contributed by atoms with Gasteiger partial charge in [-0.15, -0.1) is 0 Å². The first-order valence-corrected chi connectivity index (χ1v) is 7.48. The van der Waals surface area contributed by atoms with Crippen LogP contribution in [0.5, 0.6) is 0 Å². The van der Waals surface area contributed by atoms with Crippen molar-refractivity contribution in [1.82, 2.24) is 0 Å². The van der Waals surface area contributed by atoms with Gasteiger partial charge in [-0.05, 0) is 56.3 Å². The van der Waals surface area contributed by atoms with Crippen LogP contribution in [0.2, 0.25) is 5.02 Å². The molecule has 0 unspecified atom stereocenters. The van der Waals surface area contributed by atoms with Crippen LogP contribution in [0.4, 0.5) is 5.69 Å². The summed E-state index contributed by atoms with van der Waals surface area (Å²) in [5.74, 6) is 0.176. The minimum absolute atomic E-state index is 0.201. The number of hydrogen-bond donors (Lipinski definition) is 2. The molecule has 3 N–H and O–H groups in total. The third-order valence-corrected chi connectivity index (χ3v) is 3.79. The Balaban J connectivity index is 2.82. The number of carbonyl (C=O) groups excluding carboxylic acids is 1. The van der Waals surface area contributed by atoms with E-state index < -0.39 is 6.04 Å². The van der Waals surface area contributed by atoms with Crippen LogP contribution in [0.3, 0.4) is 0 Å². The third kappa shape index (κ3) is 4.53. The Kier molecular flexibility index (Phi) is 6.11. The van der Waals surface area contributed by atoms with E-state index in [0.717, 1.165) is 0 Å². The van der Waals surface area contributed by atoms with E-state index in [0.29, 0.717) is 32.0 Å². The van der Waals surface area contributed by atoms with Crippen LogP contribution in [-0.4, -0.2) is 11.9 Å². The summed E-state index contributed by atoms with van der Waals surface area (Å²) in [6.07, 6.45) is 0.647. The molecule has 1 aromatic rings. The Morgan fingerprint density at radius 1 is 1.39 bits per heavy atom. The highest BCUT2D eigenvalue weighted by atomic mass is 79.9. The van der Waals surface area contributed by atoms with Gasteiger partial charge in [-0.25, -0.2) is 0 Å². The molecule has 0 heterocycles. The Labute approximate surface area is 129 Å². The summed E-state index contributed by atoms with van der Waals surface area (Å²) in [5.41, 5.74) is 6.47. The molecule has 0 saturated heterocycles. The van der Waals surface area contributed by atoms with Gasteiger partial charge in [0.25, 0.3) is 0 Å². The monoisotopic (exact) mass is 396 g/mol. The summed E-state index contributed by atoms with van der Waals surface area (Å²) >= 11 is 12.6. The molecule has 0 radical (unpaired) electrons. The summed E-state index contributed by atoms with van der Waals surface area (Å²) in [4.78, 5) is 11.9. The predicted octanol–water partition coefficient (Wildman–Crippen LogP) is 4.18. The number of amides is 1. The smallest absolute Gasteiger partial charge is 0.241 e. The molecule has 0 spiro atoms.